The van der Waals surface area contributed by atoms with Crippen molar-refractivity contribution in [3.8, 4) is 6.07 Å². The van der Waals surface area contributed by atoms with E-state index in [-0.39, 0.29) is 24.4 Å². The van der Waals surface area contributed by atoms with Gasteiger partial charge in [0.1, 0.15) is 11.9 Å². The second-order valence-electron chi connectivity index (χ2n) is 8.55. The Morgan fingerprint density at radius 1 is 1.27 bits per heavy atom. The van der Waals surface area contributed by atoms with Crippen LogP contribution in [0.2, 0.25) is 0 Å². The molecule has 1 saturated carbocycles. The molecule has 2 aliphatic rings. The van der Waals surface area contributed by atoms with Gasteiger partial charge in [-0.2, -0.15) is 5.26 Å². The third kappa shape index (κ3) is 4.20. The highest BCUT2D eigenvalue weighted by atomic mass is 16.5. The van der Waals surface area contributed by atoms with Gasteiger partial charge in [-0.25, -0.2) is 0 Å². The normalized spacial score (nSPS) is 19.4. The van der Waals surface area contributed by atoms with Gasteiger partial charge in [0.25, 0.3) is 5.91 Å². The summed E-state index contributed by atoms with van der Waals surface area (Å²) in [6.45, 7) is 7.52. The summed E-state index contributed by atoms with van der Waals surface area (Å²) < 4.78 is 7.24. The molecule has 2 fully saturated rings. The lowest BCUT2D eigenvalue weighted by atomic mass is 10.1. The molecule has 0 spiro atoms. The fourth-order valence-corrected chi connectivity index (χ4v) is 4.52. The molecule has 1 N–H and O–H groups in total. The average Bonchev–Trinajstić information content (AvgIpc) is 3.40. The molecule has 0 aromatic carbocycles. The van der Waals surface area contributed by atoms with E-state index in [2.05, 4.69) is 16.0 Å². The Bertz CT molecular complexity index is 890. The zero-order chi connectivity index (χ0) is 22.0. The number of carbonyl (C=O) groups excluding carboxylic acids is 3. The molecule has 1 unspecified atom stereocenters. The smallest absolute Gasteiger partial charge is 0.311 e. The highest BCUT2D eigenvalue weighted by Gasteiger charge is 2.36. The number of carbonyl (C=O) groups is 3. The summed E-state index contributed by atoms with van der Waals surface area (Å²) >= 11 is 0. The molecule has 8 heteroatoms. The first-order valence-electron chi connectivity index (χ1n) is 10.6. The van der Waals surface area contributed by atoms with Gasteiger partial charge in [0.05, 0.1) is 11.5 Å². The second kappa shape index (κ2) is 8.90. The van der Waals surface area contributed by atoms with Gasteiger partial charge in [0.15, 0.2) is 6.61 Å². The largest absolute Gasteiger partial charge is 0.455 e. The molecule has 3 rings (SSSR count). The summed E-state index contributed by atoms with van der Waals surface area (Å²) in [7, 11) is 0. The van der Waals surface area contributed by atoms with Crippen LogP contribution in [0.4, 0.5) is 5.82 Å². The lowest BCUT2D eigenvalue weighted by Gasteiger charge is -2.20. The fourth-order valence-electron chi connectivity index (χ4n) is 4.52. The van der Waals surface area contributed by atoms with E-state index >= 15 is 0 Å². The Kier molecular flexibility index (Phi) is 6.49. The first kappa shape index (κ1) is 21.9. The van der Waals surface area contributed by atoms with Crippen LogP contribution in [0, 0.1) is 31.1 Å². The number of anilines is 1. The Morgan fingerprint density at radius 3 is 2.50 bits per heavy atom. The molecule has 2 heterocycles. The summed E-state index contributed by atoms with van der Waals surface area (Å²) in [5.41, 5.74) is 2.28. The van der Waals surface area contributed by atoms with E-state index in [1.165, 1.54) is 0 Å². The lowest BCUT2D eigenvalue weighted by molar-refractivity contribution is -0.151. The van der Waals surface area contributed by atoms with Crippen LogP contribution in [0.3, 0.4) is 0 Å². The highest BCUT2D eigenvalue weighted by Crippen LogP contribution is 2.37. The summed E-state index contributed by atoms with van der Waals surface area (Å²) in [5.74, 6) is -1.16. The molecule has 1 aromatic rings. The molecule has 162 valence electrons. The van der Waals surface area contributed by atoms with E-state index in [9.17, 15) is 19.6 Å². The van der Waals surface area contributed by atoms with E-state index in [1.807, 2.05) is 27.7 Å². The number of aromatic nitrogens is 1. The molecule has 30 heavy (non-hydrogen) atoms. The number of esters is 1. The zero-order valence-electron chi connectivity index (χ0n) is 18.2. The van der Waals surface area contributed by atoms with Crippen molar-refractivity contribution < 1.29 is 19.1 Å². The number of nitriles is 1. The van der Waals surface area contributed by atoms with Gasteiger partial charge in [-0.15, -0.1) is 0 Å². The van der Waals surface area contributed by atoms with E-state index < -0.39 is 24.4 Å². The molecular weight excluding hydrogens is 384 g/mol. The van der Waals surface area contributed by atoms with Gasteiger partial charge >= 0.3 is 5.97 Å². The van der Waals surface area contributed by atoms with Gasteiger partial charge in [0.2, 0.25) is 5.91 Å². The maximum atomic E-state index is 12.5. The fraction of sp³-hybridized carbons (Fsp3) is 0.636. The van der Waals surface area contributed by atoms with Crippen molar-refractivity contribution in [3.63, 3.8) is 0 Å². The van der Waals surface area contributed by atoms with Gasteiger partial charge in [0, 0.05) is 30.7 Å². The standard InChI is InChI=1S/C22H30N4O4/c1-13(2)25-11-16(9-20(25)28)22(29)30-12-19(27)24-21-18(10-23)14(3)15(4)26(21)17-7-5-6-8-17/h13,16-17H,5-9,11-12H2,1-4H3,(H,24,27). The maximum absolute atomic E-state index is 12.5. The van der Waals surface area contributed by atoms with Crippen LogP contribution in [-0.2, 0) is 19.1 Å². The lowest BCUT2D eigenvalue weighted by Crippen LogP contribution is -2.33. The van der Waals surface area contributed by atoms with E-state index in [1.54, 1.807) is 4.90 Å². The van der Waals surface area contributed by atoms with Crippen LogP contribution in [0.5, 0.6) is 0 Å². The minimum atomic E-state index is -0.547. The Hall–Kier alpha value is -2.82. The van der Waals surface area contributed by atoms with Crippen LogP contribution in [-0.4, -0.2) is 46.4 Å². The number of nitrogens with zero attached hydrogens (tertiary/aromatic N) is 3. The van der Waals surface area contributed by atoms with Crippen molar-refractivity contribution in [1.82, 2.24) is 9.47 Å². The number of nitrogens with one attached hydrogen (secondary N) is 1. The number of hydrogen-bond acceptors (Lipinski definition) is 5. The van der Waals surface area contributed by atoms with E-state index in [4.69, 9.17) is 4.74 Å². The van der Waals surface area contributed by atoms with Crippen LogP contribution >= 0.6 is 0 Å². The third-order valence-corrected chi connectivity index (χ3v) is 6.28. The van der Waals surface area contributed by atoms with Crippen LogP contribution in [0.25, 0.3) is 0 Å². The topological polar surface area (TPSA) is 104 Å². The Labute approximate surface area is 177 Å². The summed E-state index contributed by atoms with van der Waals surface area (Å²) in [6.07, 6.45) is 4.39. The average molecular weight is 415 g/mol. The van der Waals surface area contributed by atoms with Gasteiger partial charge in [-0.1, -0.05) is 12.8 Å². The first-order valence-corrected chi connectivity index (χ1v) is 10.6. The molecule has 8 nitrogen and oxygen atoms in total. The molecule has 1 aliphatic heterocycles. The van der Waals surface area contributed by atoms with Gasteiger partial charge < -0.3 is 19.5 Å². The number of likely N-dealkylation sites (tertiary alicyclic amines) is 1. The zero-order valence-corrected chi connectivity index (χ0v) is 18.2. The number of amides is 2. The minimum absolute atomic E-state index is 0.0258. The quantitative estimate of drug-likeness (QED) is 0.721. The van der Waals surface area contributed by atoms with Gasteiger partial charge in [-0.3, -0.25) is 14.4 Å². The molecule has 1 aromatic heterocycles. The molecule has 1 atom stereocenters. The Balaban J connectivity index is 1.65. The molecule has 0 bridgehead atoms. The van der Waals surface area contributed by atoms with Crippen LogP contribution in [0.15, 0.2) is 0 Å². The number of ether oxygens (including phenoxy) is 1. The maximum Gasteiger partial charge on any atom is 0.311 e. The van der Waals surface area contributed by atoms with Gasteiger partial charge in [-0.05, 0) is 46.1 Å². The van der Waals surface area contributed by atoms with Crippen molar-refractivity contribution in [3.05, 3.63) is 16.8 Å². The van der Waals surface area contributed by atoms with Crippen molar-refractivity contribution >= 4 is 23.6 Å². The third-order valence-electron chi connectivity index (χ3n) is 6.28. The van der Waals surface area contributed by atoms with Crippen LogP contribution < -0.4 is 5.32 Å². The van der Waals surface area contributed by atoms with E-state index in [0.717, 1.165) is 36.9 Å². The summed E-state index contributed by atoms with van der Waals surface area (Å²) in [5, 5.41) is 12.4. The first-order chi connectivity index (χ1) is 14.2. The number of hydrogen-bond donors (Lipinski definition) is 1. The predicted molar refractivity (Wildman–Crippen MR) is 111 cm³/mol. The highest BCUT2D eigenvalue weighted by molar-refractivity contribution is 5.94. The SMILES string of the molecule is Cc1c(C#N)c(NC(=O)COC(=O)C2CC(=O)N(C(C)C)C2)n(C2CCCC2)c1C. The van der Waals surface area contributed by atoms with Crippen molar-refractivity contribution in [2.75, 3.05) is 18.5 Å². The monoisotopic (exact) mass is 414 g/mol. The molecular formula is C22H30N4O4. The van der Waals surface area contributed by atoms with Crippen molar-refractivity contribution in [1.29, 1.82) is 5.26 Å². The predicted octanol–water partition coefficient (Wildman–Crippen LogP) is 2.83. The minimum Gasteiger partial charge on any atom is -0.455 e. The summed E-state index contributed by atoms with van der Waals surface area (Å²) in [4.78, 5) is 38.5. The summed E-state index contributed by atoms with van der Waals surface area (Å²) in [6, 6.07) is 2.48. The van der Waals surface area contributed by atoms with Crippen molar-refractivity contribution in [2.45, 2.75) is 71.9 Å². The second-order valence-corrected chi connectivity index (χ2v) is 8.55. The number of rotatable bonds is 6. The van der Waals surface area contributed by atoms with Crippen molar-refractivity contribution in [2.24, 2.45) is 5.92 Å². The van der Waals surface area contributed by atoms with E-state index in [0.29, 0.717) is 17.9 Å². The Morgan fingerprint density at radius 2 is 1.93 bits per heavy atom. The molecule has 2 amide bonds. The molecule has 1 aliphatic carbocycles. The molecule has 1 saturated heterocycles. The molecule has 0 radical (unpaired) electrons. The van der Waals surface area contributed by atoms with Crippen LogP contribution in [0.1, 0.15) is 68.8 Å².